The number of nitriles is 1. The summed E-state index contributed by atoms with van der Waals surface area (Å²) < 4.78 is 43.6. The number of ether oxygens (including phenoxy) is 1. The predicted molar refractivity (Wildman–Crippen MR) is 90.6 cm³/mol. The van der Waals surface area contributed by atoms with Gasteiger partial charge in [0.15, 0.2) is 9.84 Å². The first-order valence-electron chi connectivity index (χ1n) is 6.78. The summed E-state index contributed by atoms with van der Waals surface area (Å²) in [6.07, 6.45) is 1.01. The SMILES string of the molecule is COc1ccc(/C=C(/C#N)S(=O)(=O)Cc2ccc(Cl)cc2)c(F)c1. The van der Waals surface area contributed by atoms with Crippen LogP contribution in [0.4, 0.5) is 4.39 Å². The molecule has 2 rings (SSSR count). The first-order chi connectivity index (χ1) is 11.4. The van der Waals surface area contributed by atoms with Crippen LogP contribution in [0, 0.1) is 17.1 Å². The van der Waals surface area contributed by atoms with Crippen LogP contribution in [-0.2, 0) is 15.6 Å². The quantitative estimate of drug-likeness (QED) is 0.752. The first-order valence-corrected chi connectivity index (χ1v) is 8.81. The van der Waals surface area contributed by atoms with Gasteiger partial charge in [-0.15, -0.1) is 0 Å². The van der Waals surface area contributed by atoms with E-state index in [-0.39, 0.29) is 11.3 Å². The molecular formula is C17H13ClFNO3S. The number of sulfone groups is 1. The largest absolute Gasteiger partial charge is 0.497 e. The maximum atomic E-state index is 13.9. The van der Waals surface area contributed by atoms with Crippen molar-refractivity contribution in [2.45, 2.75) is 5.75 Å². The van der Waals surface area contributed by atoms with Crippen LogP contribution in [-0.4, -0.2) is 15.5 Å². The van der Waals surface area contributed by atoms with Crippen molar-refractivity contribution in [1.82, 2.24) is 0 Å². The summed E-state index contributed by atoms with van der Waals surface area (Å²) in [4.78, 5) is -0.512. The number of nitrogens with zero attached hydrogens (tertiary/aromatic N) is 1. The van der Waals surface area contributed by atoms with Gasteiger partial charge in [-0.05, 0) is 35.9 Å². The predicted octanol–water partition coefficient (Wildman–Crippen LogP) is 3.97. The van der Waals surface area contributed by atoms with Crippen LogP contribution in [0.1, 0.15) is 11.1 Å². The summed E-state index contributed by atoms with van der Waals surface area (Å²) >= 11 is 5.76. The summed E-state index contributed by atoms with van der Waals surface area (Å²) in [5.41, 5.74) is 0.475. The monoisotopic (exact) mass is 365 g/mol. The number of rotatable bonds is 5. The summed E-state index contributed by atoms with van der Waals surface area (Å²) in [5, 5.41) is 9.65. The lowest BCUT2D eigenvalue weighted by molar-refractivity contribution is 0.411. The average molecular weight is 366 g/mol. The third kappa shape index (κ3) is 4.34. The first kappa shape index (κ1) is 18.0. The van der Waals surface area contributed by atoms with Gasteiger partial charge in [0, 0.05) is 16.7 Å². The van der Waals surface area contributed by atoms with E-state index in [1.54, 1.807) is 30.3 Å². The number of hydrogen-bond donors (Lipinski definition) is 0. The van der Waals surface area contributed by atoms with Crippen molar-refractivity contribution in [2.75, 3.05) is 7.11 Å². The van der Waals surface area contributed by atoms with Gasteiger partial charge in [0.1, 0.15) is 22.5 Å². The lowest BCUT2D eigenvalue weighted by atomic mass is 10.2. The van der Waals surface area contributed by atoms with E-state index in [1.165, 1.54) is 19.2 Å². The van der Waals surface area contributed by atoms with Crippen molar-refractivity contribution in [1.29, 1.82) is 5.26 Å². The third-order valence-electron chi connectivity index (χ3n) is 3.21. The molecule has 4 nitrogen and oxygen atoms in total. The van der Waals surface area contributed by atoms with Crippen molar-refractivity contribution in [2.24, 2.45) is 0 Å². The number of benzene rings is 2. The Morgan fingerprint density at radius 2 is 1.96 bits per heavy atom. The molecule has 0 saturated heterocycles. The minimum atomic E-state index is -3.91. The molecule has 0 heterocycles. The zero-order valence-electron chi connectivity index (χ0n) is 12.7. The minimum Gasteiger partial charge on any atom is -0.497 e. The molecule has 0 amide bonds. The van der Waals surface area contributed by atoms with Crippen LogP contribution >= 0.6 is 11.6 Å². The minimum absolute atomic E-state index is 0.00738. The highest BCUT2D eigenvalue weighted by atomic mass is 35.5. The molecule has 24 heavy (non-hydrogen) atoms. The van der Waals surface area contributed by atoms with E-state index in [2.05, 4.69) is 0 Å². The molecule has 2 aromatic rings. The molecule has 7 heteroatoms. The lowest BCUT2D eigenvalue weighted by Crippen LogP contribution is -2.06. The Labute approximate surface area is 144 Å². The van der Waals surface area contributed by atoms with Crippen molar-refractivity contribution in [3.63, 3.8) is 0 Å². The second kappa shape index (κ2) is 7.47. The molecule has 0 saturated carbocycles. The lowest BCUT2D eigenvalue weighted by Gasteiger charge is -2.05. The van der Waals surface area contributed by atoms with E-state index in [0.717, 1.165) is 12.1 Å². The Hall–Kier alpha value is -2.36. The van der Waals surface area contributed by atoms with Gasteiger partial charge in [-0.3, -0.25) is 0 Å². The second-order valence-electron chi connectivity index (χ2n) is 4.89. The van der Waals surface area contributed by atoms with Crippen LogP contribution in [0.3, 0.4) is 0 Å². The van der Waals surface area contributed by atoms with Crippen LogP contribution < -0.4 is 4.74 Å². The molecule has 0 atom stereocenters. The molecule has 0 aliphatic rings. The molecule has 0 radical (unpaired) electrons. The Morgan fingerprint density at radius 1 is 1.29 bits per heavy atom. The highest BCUT2D eigenvalue weighted by molar-refractivity contribution is 7.95. The van der Waals surface area contributed by atoms with Gasteiger partial charge in [-0.1, -0.05) is 23.7 Å². The van der Waals surface area contributed by atoms with Gasteiger partial charge in [-0.2, -0.15) is 5.26 Å². The van der Waals surface area contributed by atoms with Gasteiger partial charge in [-0.25, -0.2) is 12.8 Å². The molecule has 124 valence electrons. The van der Waals surface area contributed by atoms with Crippen LogP contribution in [0.25, 0.3) is 6.08 Å². The molecule has 0 unspecified atom stereocenters. The molecule has 0 fully saturated rings. The highest BCUT2D eigenvalue weighted by Gasteiger charge is 2.19. The highest BCUT2D eigenvalue weighted by Crippen LogP contribution is 2.22. The second-order valence-corrected chi connectivity index (χ2v) is 7.29. The average Bonchev–Trinajstić information content (AvgIpc) is 2.55. The number of methoxy groups -OCH3 is 1. The molecular weight excluding hydrogens is 353 g/mol. The fourth-order valence-corrected chi connectivity index (χ4v) is 3.32. The van der Waals surface area contributed by atoms with Crippen LogP contribution in [0.2, 0.25) is 5.02 Å². The van der Waals surface area contributed by atoms with Gasteiger partial charge in [0.2, 0.25) is 0 Å². The molecule has 0 N–H and O–H groups in total. The number of hydrogen-bond acceptors (Lipinski definition) is 4. The number of allylic oxidation sites excluding steroid dienone is 1. The topological polar surface area (TPSA) is 67.2 Å². The maximum absolute atomic E-state index is 13.9. The molecule has 0 aliphatic heterocycles. The fraction of sp³-hybridized carbons (Fsp3) is 0.118. The van der Waals surface area contributed by atoms with Crippen LogP contribution in [0.5, 0.6) is 5.75 Å². The van der Waals surface area contributed by atoms with E-state index < -0.39 is 20.6 Å². The van der Waals surface area contributed by atoms with Crippen molar-refractivity contribution < 1.29 is 17.5 Å². The van der Waals surface area contributed by atoms with Gasteiger partial charge >= 0.3 is 0 Å². The molecule has 0 aliphatic carbocycles. The smallest absolute Gasteiger partial charge is 0.192 e. The van der Waals surface area contributed by atoms with E-state index in [0.29, 0.717) is 16.3 Å². The van der Waals surface area contributed by atoms with Crippen molar-refractivity contribution >= 4 is 27.5 Å². The van der Waals surface area contributed by atoms with Crippen LogP contribution in [0.15, 0.2) is 47.4 Å². The normalized spacial score (nSPS) is 11.8. The molecule has 2 aromatic carbocycles. The zero-order chi connectivity index (χ0) is 17.7. The summed E-state index contributed by atoms with van der Waals surface area (Å²) in [6.45, 7) is 0. The molecule has 0 bridgehead atoms. The molecule has 0 aromatic heterocycles. The zero-order valence-corrected chi connectivity index (χ0v) is 14.2. The fourth-order valence-electron chi connectivity index (χ4n) is 1.96. The summed E-state index contributed by atoms with van der Waals surface area (Å²) in [6, 6.07) is 11.8. The maximum Gasteiger partial charge on any atom is 0.192 e. The van der Waals surface area contributed by atoms with Gasteiger partial charge in [0.25, 0.3) is 0 Å². The van der Waals surface area contributed by atoms with E-state index in [4.69, 9.17) is 16.3 Å². The number of halogens is 2. The molecule has 0 spiro atoms. The van der Waals surface area contributed by atoms with Crippen molar-refractivity contribution in [3.8, 4) is 11.8 Å². The standard InChI is InChI=1S/C17H13ClFNO3S/c1-23-15-7-4-13(17(19)9-15)8-16(10-20)24(21,22)11-12-2-5-14(18)6-3-12/h2-9H,11H2,1H3/b16-8-. The van der Waals surface area contributed by atoms with E-state index >= 15 is 0 Å². The Morgan fingerprint density at radius 3 is 2.50 bits per heavy atom. The summed E-state index contributed by atoms with van der Waals surface area (Å²) in [5.74, 6) is -0.752. The summed E-state index contributed by atoms with van der Waals surface area (Å²) in [7, 11) is -2.52. The van der Waals surface area contributed by atoms with Gasteiger partial charge in [0.05, 0.1) is 12.9 Å². The Balaban J connectivity index is 2.35. The Bertz CT molecular complexity index is 916. The van der Waals surface area contributed by atoms with E-state index in [1.807, 2.05) is 0 Å². The Kier molecular flexibility index (Phi) is 5.60. The third-order valence-corrected chi connectivity index (χ3v) is 5.05. The van der Waals surface area contributed by atoms with E-state index in [9.17, 15) is 18.1 Å². The van der Waals surface area contributed by atoms with Crippen molar-refractivity contribution in [3.05, 3.63) is 69.3 Å². The van der Waals surface area contributed by atoms with Gasteiger partial charge < -0.3 is 4.74 Å².